The molecule has 0 saturated carbocycles. The molecule has 8 heteroatoms. The lowest BCUT2D eigenvalue weighted by molar-refractivity contribution is 0.411. The van der Waals surface area contributed by atoms with E-state index in [1.54, 1.807) is 22.7 Å². The Morgan fingerprint density at radius 2 is 0.909 bits per heavy atom. The van der Waals surface area contributed by atoms with Crippen molar-refractivity contribution in [3.8, 4) is 19.8 Å². The molecule has 0 bridgehead atoms. The van der Waals surface area contributed by atoms with Gasteiger partial charge >= 0.3 is 0 Å². The molecule has 4 aromatic heterocycles. The quantitative estimate of drug-likeness (QED) is 0.0740. The van der Waals surface area contributed by atoms with Crippen molar-refractivity contribution in [2.45, 2.75) is 143 Å². The van der Waals surface area contributed by atoms with Crippen molar-refractivity contribution < 1.29 is 0 Å². The summed E-state index contributed by atoms with van der Waals surface area (Å²) in [6.07, 6.45) is 23.7. The summed E-state index contributed by atoms with van der Waals surface area (Å²) < 4.78 is 2.44. The highest BCUT2D eigenvalue weighted by Gasteiger charge is 2.22. The van der Waals surface area contributed by atoms with Gasteiger partial charge in [0.25, 0.3) is 0 Å². The van der Waals surface area contributed by atoms with Crippen LogP contribution in [0.3, 0.4) is 0 Å². The first-order valence-corrected chi connectivity index (χ1v) is 22.1. The number of hydrogen-bond donors (Lipinski definition) is 0. The molecule has 0 radical (unpaired) electrons. The Labute approximate surface area is 300 Å². The molecule has 244 valence electrons. The van der Waals surface area contributed by atoms with Crippen LogP contribution >= 0.6 is 77.2 Å². The molecule has 0 aliphatic heterocycles. The number of halogens is 2. The average Bonchev–Trinajstić information content (AvgIpc) is 3.77. The summed E-state index contributed by atoms with van der Waals surface area (Å²) in [6.45, 7) is 9.25. The van der Waals surface area contributed by atoms with Crippen molar-refractivity contribution >= 4 is 86.9 Å². The largest absolute Gasteiger partial charge is 0.222 e. The Kier molecular flexibility index (Phi) is 16.4. The highest BCUT2D eigenvalue weighted by molar-refractivity contribution is 9.11. The summed E-state index contributed by atoms with van der Waals surface area (Å²) in [5.74, 6) is 1.53. The predicted octanol–water partition coefficient (Wildman–Crippen LogP) is 15.4. The molecular weight excluding hydrogens is 748 g/mol. The number of thiophene rings is 2. The highest BCUT2D eigenvalue weighted by atomic mass is 79.9. The molecule has 44 heavy (non-hydrogen) atoms. The van der Waals surface area contributed by atoms with Gasteiger partial charge in [0, 0.05) is 0 Å². The van der Waals surface area contributed by atoms with Crippen LogP contribution < -0.4 is 0 Å². The van der Waals surface area contributed by atoms with Gasteiger partial charge < -0.3 is 0 Å². The van der Waals surface area contributed by atoms with Gasteiger partial charge in [-0.3, -0.25) is 0 Å². The Morgan fingerprint density at radius 1 is 0.523 bits per heavy atom. The third kappa shape index (κ3) is 11.0. The van der Waals surface area contributed by atoms with Crippen molar-refractivity contribution in [2.75, 3.05) is 0 Å². The molecule has 0 aliphatic carbocycles. The molecule has 2 unspecified atom stereocenters. The fourth-order valence-electron chi connectivity index (χ4n) is 6.32. The van der Waals surface area contributed by atoms with Crippen LogP contribution in [-0.2, 0) is 12.8 Å². The lowest BCUT2D eigenvalue weighted by Gasteiger charge is -2.17. The molecule has 2 atom stereocenters. The third-order valence-corrected chi connectivity index (χ3v) is 14.5. The highest BCUT2D eigenvalue weighted by Crippen LogP contribution is 2.45. The van der Waals surface area contributed by atoms with Crippen molar-refractivity contribution in [2.24, 2.45) is 11.8 Å². The van der Waals surface area contributed by atoms with E-state index in [4.69, 9.17) is 9.97 Å². The van der Waals surface area contributed by atoms with Crippen LogP contribution in [0.5, 0.6) is 0 Å². The van der Waals surface area contributed by atoms with Crippen LogP contribution in [-0.4, -0.2) is 9.97 Å². The lowest BCUT2D eigenvalue weighted by Crippen LogP contribution is -2.05. The Hall–Kier alpha value is -0.120. The Morgan fingerprint density at radius 3 is 1.30 bits per heavy atom. The van der Waals surface area contributed by atoms with Crippen molar-refractivity contribution in [1.82, 2.24) is 9.97 Å². The molecular formula is C36H52Br2N2S4. The van der Waals surface area contributed by atoms with E-state index in [9.17, 15) is 0 Å². The third-order valence-electron chi connectivity index (χ3n) is 8.80. The monoisotopic (exact) mass is 798 g/mol. The van der Waals surface area contributed by atoms with Gasteiger partial charge in [0.1, 0.15) is 10.0 Å². The second kappa shape index (κ2) is 19.6. The number of nitrogens with zero attached hydrogens (tertiary/aromatic N) is 2. The number of hydrogen-bond acceptors (Lipinski definition) is 6. The Bertz CT molecular complexity index is 1250. The molecule has 4 aromatic rings. The summed E-state index contributed by atoms with van der Waals surface area (Å²) in [5, 5.41) is 2.30. The maximum atomic E-state index is 5.21. The van der Waals surface area contributed by atoms with Crippen LogP contribution in [0.15, 0.2) is 19.7 Å². The summed E-state index contributed by atoms with van der Waals surface area (Å²) in [4.78, 5) is 15.3. The van der Waals surface area contributed by atoms with Crippen molar-refractivity contribution in [3.05, 3.63) is 30.8 Å². The molecule has 0 amide bonds. The summed E-state index contributed by atoms with van der Waals surface area (Å²) in [5.41, 5.74) is 2.95. The van der Waals surface area contributed by atoms with E-state index in [0.717, 1.165) is 31.5 Å². The molecule has 0 fully saturated rings. The maximum absolute atomic E-state index is 5.21. The fourth-order valence-corrected chi connectivity index (χ4v) is 11.9. The molecule has 0 saturated heterocycles. The smallest absolute Gasteiger partial charge is 0.155 e. The number of aromatic nitrogens is 2. The standard InChI is InChI=1S/C36H52Br2N2S4/c1-5-9-13-15-19-25(17-11-7-3)21-27-23-29(37)41-31(27)33-39-35-36(43-33)40-34(44-35)32-28(24-30(38)42-32)22-26(18-12-8-4)20-16-14-10-6-2/h23-26H,5-22H2,1-4H3. The van der Waals surface area contributed by atoms with E-state index in [1.165, 1.54) is 144 Å². The first kappa shape index (κ1) is 36.7. The summed E-state index contributed by atoms with van der Waals surface area (Å²) in [7, 11) is 0. The number of thiazole rings is 2. The second-order valence-electron chi connectivity index (χ2n) is 12.6. The lowest BCUT2D eigenvalue weighted by atomic mass is 9.89. The minimum atomic E-state index is 0.765. The molecule has 4 heterocycles. The van der Waals surface area contributed by atoms with E-state index in [1.807, 2.05) is 22.7 Å². The van der Waals surface area contributed by atoms with Gasteiger partial charge in [-0.05, 0) is 79.8 Å². The Balaban J connectivity index is 1.51. The van der Waals surface area contributed by atoms with Crippen LogP contribution in [0.4, 0.5) is 0 Å². The van der Waals surface area contributed by atoms with E-state index in [2.05, 4.69) is 71.7 Å². The molecule has 0 spiro atoms. The van der Waals surface area contributed by atoms with Gasteiger partial charge in [-0.1, -0.05) is 153 Å². The zero-order valence-corrected chi connectivity index (χ0v) is 33.8. The van der Waals surface area contributed by atoms with Gasteiger partial charge in [-0.25, -0.2) is 9.97 Å². The van der Waals surface area contributed by atoms with E-state index in [-0.39, 0.29) is 0 Å². The van der Waals surface area contributed by atoms with Crippen LogP contribution in [0.25, 0.3) is 29.4 Å². The molecule has 0 aliphatic rings. The minimum Gasteiger partial charge on any atom is -0.222 e. The second-order valence-corrected chi connectivity index (χ2v) is 19.4. The molecule has 2 nitrogen and oxygen atoms in total. The fraction of sp³-hybridized carbons (Fsp3) is 0.667. The van der Waals surface area contributed by atoms with Gasteiger partial charge in [-0.2, -0.15) is 0 Å². The van der Waals surface area contributed by atoms with Gasteiger partial charge in [0.05, 0.1) is 17.3 Å². The van der Waals surface area contributed by atoms with Crippen molar-refractivity contribution in [3.63, 3.8) is 0 Å². The normalized spacial score (nSPS) is 13.3. The minimum absolute atomic E-state index is 0.765. The van der Waals surface area contributed by atoms with Crippen LogP contribution in [0.1, 0.15) is 142 Å². The van der Waals surface area contributed by atoms with Crippen LogP contribution in [0, 0.1) is 11.8 Å². The zero-order chi connectivity index (χ0) is 31.3. The predicted molar refractivity (Wildman–Crippen MR) is 208 cm³/mol. The zero-order valence-electron chi connectivity index (χ0n) is 27.3. The molecule has 0 aromatic carbocycles. The summed E-state index contributed by atoms with van der Waals surface area (Å²) in [6, 6.07) is 4.73. The number of fused-ring (bicyclic) bond motifs is 1. The summed E-state index contributed by atoms with van der Waals surface area (Å²) >= 11 is 14.9. The van der Waals surface area contributed by atoms with Gasteiger partial charge in [0.2, 0.25) is 0 Å². The maximum Gasteiger partial charge on any atom is 0.155 e. The van der Waals surface area contributed by atoms with E-state index < -0.39 is 0 Å². The first-order chi connectivity index (χ1) is 21.4. The SMILES string of the molecule is CCCCCCC(CCCC)Cc1cc(Br)sc1-c1nc2sc(-c3sc(Br)cc3CC(CCCC)CCCCCC)nc2s1. The van der Waals surface area contributed by atoms with E-state index >= 15 is 0 Å². The van der Waals surface area contributed by atoms with Gasteiger partial charge in [0.15, 0.2) is 9.66 Å². The van der Waals surface area contributed by atoms with Crippen molar-refractivity contribution in [1.29, 1.82) is 0 Å². The molecule has 4 rings (SSSR count). The van der Waals surface area contributed by atoms with Gasteiger partial charge in [-0.15, -0.1) is 22.7 Å². The number of rotatable bonds is 22. The topological polar surface area (TPSA) is 25.8 Å². The average molecular weight is 801 g/mol. The number of unbranched alkanes of at least 4 members (excludes halogenated alkanes) is 8. The van der Waals surface area contributed by atoms with Crippen LogP contribution in [0.2, 0.25) is 0 Å². The first-order valence-electron chi connectivity index (χ1n) is 17.3. The molecule has 0 N–H and O–H groups in total. The van der Waals surface area contributed by atoms with E-state index in [0.29, 0.717) is 0 Å².